The van der Waals surface area contributed by atoms with Gasteiger partial charge in [-0.15, -0.1) is 0 Å². The first-order valence-corrected chi connectivity index (χ1v) is 12.0. The lowest BCUT2D eigenvalue weighted by Crippen LogP contribution is -2.54. The minimum absolute atomic E-state index is 0.145. The summed E-state index contributed by atoms with van der Waals surface area (Å²) in [6.07, 6.45) is 0.561. The van der Waals surface area contributed by atoms with Crippen LogP contribution >= 0.6 is 0 Å². The lowest BCUT2D eigenvalue weighted by molar-refractivity contribution is -0.141. The molecule has 0 bridgehead atoms. The van der Waals surface area contributed by atoms with Crippen molar-refractivity contribution >= 4 is 11.8 Å². The van der Waals surface area contributed by atoms with Crippen molar-refractivity contribution in [3.63, 3.8) is 0 Å². The average Bonchev–Trinajstić information content (AvgIpc) is 2.79. The molecule has 2 amide bonds. The molecule has 3 rings (SSSR count). The second-order valence-electron chi connectivity index (χ2n) is 10.2. The van der Waals surface area contributed by atoms with Gasteiger partial charge in [0.1, 0.15) is 11.9 Å². The third kappa shape index (κ3) is 7.78. The molecule has 4 nitrogen and oxygen atoms in total. The van der Waals surface area contributed by atoms with E-state index < -0.39 is 11.6 Å². The zero-order valence-corrected chi connectivity index (χ0v) is 21.3. The van der Waals surface area contributed by atoms with Crippen molar-refractivity contribution in [2.24, 2.45) is 0 Å². The Bertz CT molecular complexity index is 1150. The van der Waals surface area contributed by atoms with Crippen molar-refractivity contribution in [3.8, 4) is 0 Å². The first-order valence-electron chi connectivity index (χ1n) is 12.0. The first kappa shape index (κ1) is 26.1. The van der Waals surface area contributed by atoms with Crippen LogP contribution in [0.4, 0.5) is 4.39 Å². The number of benzene rings is 3. The van der Waals surface area contributed by atoms with Gasteiger partial charge in [-0.25, -0.2) is 4.39 Å². The summed E-state index contributed by atoms with van der Waals surface area (Å²) in [6, 6.07) is 21.1. The van der Waals surface area contributed by atoms with Crippen LogP contribution in [0.3, 0.4) is 0 Å². The van der Waals surface area contributed by atoms with Crippen LogP contribution in [0.5, 0.6) is 0 Å². The Kier molecular flexibility index (Phi) is 8.44. The molecule has 5 heteroatoms. The maximum absolute atomic E-state index is 13.8. The number of nitrogens with zero attached hydrogens (tertiary/aromatic N) is 1. The molecule has 0 heterocycles. The van der Waals surface area contributed by atoms with Crippen LogP contribution in [0.1, 0.15) is 48.6 Å². The van der Waals surface area contributed by atoms with Crippen LogP contribution in [0.15, 0.2) is 72.8 Å². The number of halogens is 1. The summed E-state index contributed by atoms with van der Waals surface area (Å²) in [5.74, 6) is -0.695. The molecule has 0 fully saturated rings. The molecule has 0 saturated carbocycles. The monoisotopic (exact) mass is 474 g/mol. The van der Waals surface area contributed by atoms with E-state index in [4.69, 9.17) is 0 Å². The molecule has 1 unspecified atom stereocenters. The molecule has 3 aromatic rings. The quantitative estimate of drug-likeness (QED) is 0.466. The Hall–Kier alpha value is -3.47. The number of rotatable bonds is 8. The third-order valence-electron chi connectivity index (χ3n) is 5.88. The van der Waals surface area contributed by atoms with E-state index in [0.29, 0.717) is 6.42 Å². The van der Waals surface area contributed by atoms with Crippen molar-refractivity contribution in [1.29, 1.82) is 0 Å². The lowest BCUT2D eigenvalue weighted by atomic mass is 9.98. The van der Waals surface area contributed by atoms with Gasteiger partial charge in [0, 0.05) is 18.5 Å². The second-order valence-corrected chi connectivity index (χ2v) is 10.2. The zero-order chi connectivity index (χ0) is 25.6. The predicted molar refractivity (Wildman–Crippen MR) is 138 cm³/mol. The van der Waals surface area contributed by atoms with Gasteiger partial charge in [-0.2, -0.15) is 0 Å². The van der Waals surface area contributed by atoms with Gasteiger partial charge >= 0.3 is 0 Å². The fraction of sp³-hybridized carbons (Fsp3) is 0.333. The molecule has 1 N–H and O–H groups in total. The number of amides is 2. The molecule has 0 radical (unpaired) electrons. The molecule has 0 aliphatic rings. The summed E-state index contributed by atoms with van der Waals surface area (Å²) in [4.78, 5) is 29.0. The van der Waals surface area contributed by atoms with Crippen LogP contribution < -0.4 is 5.32 Å². The van der Waals surface area contributed by atoms with Gasteiger partial charge in [-0.3, -0.25) is 9.59 Å². The summed E-state index contributed by atoms with van der Waals surface area (Å²) in [6.45, 7) is 9.96. The number of carbonyl (C=O) groups excluding carboxylic acids is 2. The molecule has 184 valence electrons. The van der Waals surface area contributed by atoms with Gasteiger partial charge in [-0.1, -0.05) is 66.2 Å². The zero-order valence-electron chi connectivity index (χ0n) is 21.3. The molecular formula is C30H35FN2O2. The van der Waals surface area contributed by atoms with Crippen molar-refractivity contribution < 1.29 is 14.0 Å². The molecule has 0 saturated heterocycles. The Morgan fingerprint density at radius 3 is 2.20 bits per heavy atom. The number of carbonyl (C=O) groups is 2. The van der Waals surface area contributed by atoms with Gasteiger partial charge in [0.2, 0.25) is 11.8 Å². The molecular weight excluding hydrogens is 439 g/mol. The van der Waals surface area contributed by atoms with Gasteiger partial charge in [0.05, 0.1) is 6.42 Å². The first-order chi connectivity index (χ1) is 16.5. The SMILES string of the molecule is Cc1ccc(C)c(CC(=O)N(Cc2ccc(F)cc2)C(Cc2ccccc2)C(=O)NC(C)(C)C)c1. The number of nitrogens with one attached hydrogen (secondary N) is 1. The highest BCUT2D eigenvalue weighted by Gasteiger charge is 2.32. The molecule has 0 aromatic heterocycles. The van der Waals surface area contributed by atoms with Crippen LogP contribution in [-0.4, -0.2) is 28.3 Å². The Balaban J connectivity index is 2.01. The summed E-state index contributed by atoms with van der Waals surface area (Å²) in [7, 11) is 0. The number of hydrogen-bond acceptors (Lipinski definition) is 2. The Morgan fingerprint density at radius 2 is 1.57 bits per heavy atom. The summed E-state index contributed by atoms with van der Waals surface area (Å²) in [5, 5.41) is 3.06. The fourth-order valence-corrected chi connectivity index (χ4v) is 4.05. The molecule has 0 aliphatic carbocycles. The van der Waals surface area contributed by atoms with E-state index in [1.165, 1.54) is 12.1 Å². The number of hydrogen-bond donors (Lipinski definition) is 1. The van der Waals surface area contributed by atoms with Crippen LogP contribution in [-0.2, 0) is 29.0 Å². The Morgan fingerprint density at radius 1 is 0.914 bits per heavy atom. The lowest BCUT2D eigenvalue weighted by Gasteiger charge is -2.34. The van der Waals surface area contributed by atoms with Crippen LogP contribution in [0, 0.1) is 19.7 Å². The van der Waals surface area contributed by atoms with E-state index in [0.717, 1.165) is 27.8 Å². The van der Waals surface area contributed by atoms with E-state index in [1.54, 1.807) is 17.0 Å². The molecule has 3 aromatic carbocycles. The van der Waals surface area contributed by atoms with Gasteiger partial charge < -0.3 is 10.2 Å². The van der Waals surface area contributed by atoms with Gasteiger partial charge in [-0.05, 0) is 69.0 Å². The predicted octanol–water partition coefficient (Wildman–Crippen LogP) is 5.54. The standard InChI is InChI=1S/C30H35FN2O2/c1-21-11-12-22(2)25(17-21)19-28(34)33(20-24-13-15-26(31)16-14-24)27(29(35)32-30(3,4)5)18-23-9-7-6-8-10-23/h6-17,27H,18-20H2,1-5H3,(H,32,35). The van der Waals surface area contributed by atoms with Crippen molar-refractivity contribution in [2.75, 3.05) is 0 Å². The maximum atomic E-state index is 13.8. The molecule has 0 aliphatic heterocycles. The second kappa shape index (κ2) is 11.3. The highest BCUT2D eigenvalue weighted by atomic mass is 19.1. The summed E-state index contributed by atoms with van der Waals surface area (Å²) < 4.78 is 13.6. The third-order valence-corrected chi connectivity index (χ3v) is 5.88. The minimum atomic E-state index is -0.723. The Labute approximate surface area is 208 Å². The van der Waals surface area contributed by atoms with Crippen molar-refractivity contribution in [2.45, 2.75) is 65.6 Å². The number of aryl methyl sites for hydroxylation is 2. The highest BCUT2D eigenvalue weighted by Crippen LogP contribution is 2.19. The molecule has 35 heavy (non-hydrogen) atoms. The summed E-state index contributed by atoms with van der Waals surface area (Å²) >= 11 is 0. The minimum Gasteiger partial charge on any atom is -0.350 e. The maximum Gasteiger partial charge on any atom is 0.243 e. The van der Waals surface area contributed by atoms with Gasteiger partial charge in [0.15, 0.2) is 0 Å². The molecule has 1 atom stereocenters. The van der Waals surface area contributed by atoms with E-state index in [-0.39, 0.29) is 30.6 Å². The van der Waals surface area contributed by atoms with Crippen molar-refractivity contribution in [1.82, 2.24) is 10.2 Å². The largest absolute Gasteiger partial charge is 0.350 e. The fourth-order valence-electron chi connectivity index (χ4n) is 4.05. The highest BCUT2D eigenvalue weighted by molar-refractivity contribution is 5.89. The molecule has 0 spiro atoms. The topological polar surface area (TPSA) is 49.4 Å². The van der Waals surface area contributed by atoms with E-state index in [2.05, 4.69) is 5.32 Å². The van der Waals surface area contributed by atoms with E-state index in [9.17, 15) is 14.0 Å². The van der Waals surface area contributed by atoms with E-state index in [1.807, 2.05) is 83.1 Å². The van der Waals surface area contributed by atoms with E-state index >= 15 is 0 Å². The summed E-state index contributed by atoms with van der Waals surface area (Å²) in [5.41, 5.74) is 4.32. The smallest absolute Gasteiger partial charge is 0.243 e. The van der Waals surface area contributed by atoms with Crippen LogP contribution in [0.25, 0.3) is 0 Å². The average molecular weight is 475 g/mol. The normalized spacial score (nSPS) is 12.2. The van der Waals surface area contributed by atoms with Crippen molar-refractivity contribution in [3.05, 3.63) is 106 Å². The van der Waals surface area contributed by atoms with Crippen LogP contribution in [0.2, 0.25) is 0 Å². The van der Waals surface area contributed by atoms with Gasteiger partial charge in [0.25, 0.3) is 0 Å².